The van der Waals surface area contributed by atoms with Gasteiger partial charge in [-0.15, -0.1) is 0 Å². The molecule has 19 heavy (non-hydrogen) atoms. The molecule has 0 spiro atoms. The number of nitrogens with zero attached hydrogens (tertiary/aromatic N) is 5. The molecule has 1 aliphatic heterocycles. The molecule has 0 aliphatic carbocycles. The zero-order valence-electron chi connectivity index (χ0n) is 10.6. The molecule has 2 aromatic heterocycles. The molecular weight excluding hydrogens is 248 g/mol. The van der Waals surface area contributed by atoms with E-state index in [2.05, 4.69) is 15.0 Å². The van der Waals surface area contributed by atoms with E-state index in [0.29, 0.717) is 23.5 Å². The summed E-state index contributed by atoms with van der Waals surface area (Å²) in [6, 6.07) is 0.172. The Kier molecular flexibility index (Phi) is 3.05. The number of nitrogen functional groups attached to an aromatic ring is 1. The van der Waals surface area contributed by atoms with E-state index in [1.54, 1.807) is 11.4 Å². The Bertz CT molecular complexity index is 586. The second-order valence-corrected chi connectivity index (χ2v) is 4.67. The van der Waals surface area contributed by atoms with E-state index in [-0.39, 0.29) is 18.8 Å². The highest BCUT2D eigenvalue weighted by Gasteiger charge is 2.31. The normalized spacial score (nSPS) is 24.3. The van der Waals surface area contributed by atoms with Gasteiger partial charge in [-0.05, 0) is 6.42 Å². The van der Waals surface area contributed by atoms with Crippen molar-refractivity contribution in [3.63, 3.8) is 0 Å². The molecule has 0 radical (unpaired) electrons. The molecule has 3 N–H and O–H groups in total. The number of likely N-dealkylation sites (N-methyl/N-ethyl adjacent to an activating group) is 1. The summed E-state index contributed by atoms with van der Waals surface area (Å²) in [4.78, 5) is 17.9. The summed E-state index contributed by atoms with van der Waals surface area (Å²) in [6.07, 6.45) is 3.77. The second-order valence-electron chi connectivity index (χ2n) is 4.67. The first-order chi connectivity index (χ1) is 9.19. The summed E-state index contributed by atoms with van der Waals surface area (Å²) < 4.78 is 1.93. The number of fused-ring (bicyclic) bond motifs is 1. The van der Waals surface area contributed by atoms with Crippen molar-refractivity contribution in [3.8, 4) is 0 Å². The van der Waals surface area contributed by atoms with Crippen LogP contribution in [0.15, 0.2) is 12.7 Å². The highest BCUT2D eigenvalue weighted by molar-refractivity contribution is 5.81. The van der Waals surface area contributed by atoms with Crippen LogP contribution in [-0.2, 0) is 11.4 Å². The van der Waals surface area contributed by atoms with E-state index in [4.69, 9.17) is 15.7 Å². The number of hydrogen-bond donors (Lipinski definition) is 2. The van der Waals surface area contributed by atoms with E-state index in [1.807, 2.05) is 11.6 Å². The van der Waals surface area contributed by atoms with Crippen LogP contribution in [-0.4, -0.2) is 55.5 Å². The maximum Gasteiger partial charge on any atom is 0.165 e. The number of aliphatic hydroxyl groups excluding tert-OH is 1. The van der Waals surface area contributed by atoms with Gasteiger partial charge < -0.3 is 15.4 Å². The minimum atomic E-state index is -0.135. The van der Waals surface area contributed by atoms with Gasteiger partial charge in [0, 0.05) is 13.6 Å². The molecule has 102 valence electrons. The first-order valence-corrected chi connectivity index (χ1v) is 6.11. The quantitative estimate of drug-likeness (QED) is 0.763. The van der Waals surface area contributed by atoms with E-state index < -0.39 is 0 Å². The summed E-state index contributed by atoms with van der Waals surface area (Å²) in [7, 11) is 1.86. The fourth-order valence-corrected chi connectivity index (χ4v) is 2.37. The molecule has 8 heteroatoms. The highest BCUT2D eigenvalue weighted by atomic mass is 16.7. The maximum atomic E-state index is 9.13. The third kappa shape index (κ3) is 2.14. The van der Waals surface area contributed by atoms with Crippen LogP contribution in [0, 0.1) is 0 Å². The molecule has 3 rings (SSSR count). The van der Waals surface area contributed by atoms with Gasteiger partial charge >= 0.3 is 0 Å². The van der Waals surface area contributed by atoms with Crippen molar-refractivity contribution in [2.45, 2.75) is 25.1 Å². The third-order valence-corrected chi connectivity index (χ3v) is 3.41. The maximum absolute atomic E-state index is 9.13. The van der Waals surface area contributed by atoms with Gasteiger partial charge in [0.2, 0.25) is 0 Å². The number of rotatable bonds is 3. The number of imidazole rings is 1. The van der Waals surface area contributed by atoms with E-state index in [1.165, 1.54) is 6.33 Å². The van der Waals surface area contributed by atoms with Crippen molar-refractivity contribution in [1.29, 1.82) is 0 Å². The summed E-state index contributed by atoms with van der Waals surface area (Å²) in [6.45, 7) is 0.709. The van der Waals surface area contributed by atoms with Gasteiger partial charge in [0.1, 0.15) is 17.9 Å². The summed E-state index contributed by atoms with van der Waals surface area (Å²) in [5.74, 6) is 0.382. The lowest BCUT2D eigenvalue weighted by Gasteiger charge is -2.17. The first kappa shape index (κ1) is 12.3. The zero-order chi connectivity index (χ0) is 13.4. The van der Waals surface area contributed by atoms with Crippen molar-refractivity contribution < 1.29 is 9.94 Å². The largest absolute Gasteiger partial charge is 0.394 e. The van der Waals surface area contributed by atoms with Crippen LogP contribution in [0.1, 0.15) is 6.42 Å². The van der Waals surface area contributed by atoms with Crippen LogP contribution in [0.25, 0.3) is 11.2 Å². The average Bonchev–Trinajstić information content (AvgIpc) is 2.96. The van der Waals surface area contributed by atoms with Crippen molar-refractivity contribution in [3.05, 3.63) is 12.7 Å². The Hall–Kier alpha value is -1.77. The molecule has 8 nitrogen and oxygen atoms in total. The summed E-state index contributed by atoms with van der Waals surface area (Å²) >= 11 is 0. The monoisotopic (exact) mass is 264 g/mol. The summed E-state index contributed by atoms with van der Waals surface area (Å²) in [5, 5.41) is 10.9. The molecule has 1 aliphatic rings. The fraction of sp³-hybridized carbons (Fsp3) is 0.545. The molecule has 0 bridgehead atoms. The van der Waals surface area contributed by atoms with Crippen LogP contribution < -0.4 is 5.73 Å². The lowest BCUT2D eigenvalue weighted by atomic mass is 10.1. The minimum Gasteiger partial charge on any atom is -0.394 e. The van der Waals surface area contributed by atoms with Crippen molar-refractivity contribution >= 4 is 17.0 Å². The van der Waals surface area contributed by atoms with Crippen LogP contribution in [0.2, 0.25) is 0 Å². The van der Waals surface area contributed by atoms with Gasteiger partial charge in [-0.3, -0.25) is 4.84 Å². The van der Waals surface area contributed by atoms with E-state index in [9.17, 15) is 0 Å². The Morgan fingerprint density at radius 2 is 2.32 bits per heavy atom. The number of hydroxylamine groups is 2. The van der Waals surface area contributed by atoms with Gasteiger partial charge in [-0.1, -0.05) is 0 Å². The number of hydrogen-bond acceptors (Lipinski definition) is 7. The number of nitrogens with two attached hydrogens (primary N) is 1. The van der Waals surface area contributed by atoms with E-state index in [0.717, 1.165) is 6.42 Å². The predicted molar refractivity (Wildman–Crippen MR) is 67.9 cm³/mol. The third-order valence-electron chi connectivity index (χ3n) is 3.41. The van der Waals surface area contributed by atoms with Crippen LogP contribution >= 0.6 is 0 Å². The second kappa shape index (κ2) is 4.72. The molecule has 0 unspecified atom stereocenters. The Morgan fingerprint density at radius 3 is 3.05 bits per heavy atom. The van der Waals surface area contributed by atoms with Gasteiger partial charge in [0.25, 0.3) is 0 Å². The van der Waals surface area contributed by atoms with Gasteiger partial charge in [-0.2, -0.15) is 5.06 Å². The lowest BCUT2D eigenvalue weighted by molar-refractivity contribution is -0.153. The molecule has 2 aromatic rings. The zero-order valence-corrected chi connectivity index (χ0v) is 10.6. The standard InChI is InChI=1S/C11H16N6O2/c1-16-7(2-8(4-18)19-16)3-17-6-15-9-10(12)13-5-14-11(9)17/h5-8,18H,2-4H2,1H3,(H2,12,13,14)/t7-,8-/m0/s1. The molecule has 0 aromatic carbocycles. The molecule has 2 atom stereocenters. The number of aromatic nitrogens is 4. The minimum absolute atomic E-state index is 0.0284. The Labute approximate surface area is 109 Å². The SMILES string of the molecule is CN1O[C@H](CO)C[C@H]1Cn1cnc2c(N)ncnc21. The van der Waals surface area contributed by atoms with Gasteiger partial charge in [-0.25, -0.2) is 15.0 Å². The van der Waals surface area contributed by atoms with Crippen molar-refractivity contribution in [2.75, 3.05) is 19.4 Å². The Morgan fingerprint density at radius 1 is 1.47 bits per heavy atom. The van der Waals surface area contributed by atoms with Crippen LogP contribution in [0.3, 0.4) is 0 Å². The summed E-state index contributed by atoms with van der Waals surface area (Å²) in [5.41, 5.74) is 7.08. The number of aliphatic hydroxyl groups is 1. The van der Waals surface area contributed by atoms with Gasteiger partial charge in [0.15, 0.2) is 11.5 Å². The molecule has 3 heterocycles. The molecule has 1 fully saturated rings. The number of anilines is 1. The van der Waals surface area contributed by atoms with E-state index >= 15 is 0 Å². The molecule has 0 amide bonds. The topological polar surface area (TPSA) is 102 Å². The van der Waals surface area contributed by atoms with Gasteiger partial charge in [0.05, 0.1) is 19.0 Å². The average molecular weight is 264 g/mol. The smallest absolute Gasteiger partial charge is 0.165 e. The molecule has 1 saturated heterocycles. The van der Waals surface area contributed by atoms with Crippen molar-refractivity contribution in [2.24, 2.45) is 0 Å². The van der Waals surface area contributed by atoms with Crippen LogP contribution in [0.5, 0.6) is 0 Å². The molecular formula is C11H16N6O2. The van der Waals surface area contributed by atoms with Crippen molar-refractivity contribution in [1.82, 2.24) is 24.6 Å². The lowest BCUT2D eigenvalue weighted by Crippen LogP contribution is -2.28. The first-order valence-electron chi connectivity index (χ1n) is 6.11. The fourth-order valence-electron chi connectivity index (χ4n) is 2.37. The Balaban J connectivity index is 1.84. The molecule has 0 saturated carbocycles. The van der Waals surface area contributed by atoms with Crippen LogP contribution in [0.4, 0.5) is 5.82 Å². The highest BCUT2D eigenvalue weighted by Crippen LogP contribution is 2.22. The predicted octanol–water partition coefficient (Wildman–Crippen LogP) is -0.595.